The van der Waals surface area contributed by atoms with Gasteiger partial charge in [0.15, 0.2) is 0 Å². The molecule has 0 saturated carbocycles. The topological polar surface area (TPSA) is 78.2 Å². The van der Waals surface area contributed by atoms with Crippen LogP contribution < -0.4 is 4.74 Å². The van der Waals surface area contributed by atoms with Crippen molar-refractivity contribution in [2.45, 2.75) is 12.6 Å². The van der Waals surface area contributed by atoms with Crippen molar-refractivity contribution in [2.75, 3.05) is 6.61 Å². The predicted molar refractivity (Wildman–Crippen MR) is 49.9 cm³/mol. The SMILES string of the molecule is O=[N+]([O-])c1cnc(Cl)nc1OCCC(F)(F)F. The number of ether oxygens (including phenoxy) is 1. The summed E-state index contributed by atoms with van der Waals surface area (Å²) in [7, 11) is 0. The number of hydrogen-bond donors (Lipinski definition) is 0. The lowest BCUT2D eigenvalue weighted by Gasteiger charge is -2.07. The summed E-state index contributed by atoms with van der Waals surface area (Å²) in [5.41, 5.74) is -0.642. The van der Waals surface area contributed by atoms with Gasteiger partial charge in [0.25, 0.3) is 5.88 Å². The standard InChI is InChI=1S/C7H5ClF3N3O3/c8-6-12-3-4(14(15)16)5(13-6)17-2-1-7(9,10)11/h3H,1-2H2. The van der Waals surface area contributed by atoms with E-state index in [9.17, 15) is 23.3 Å². The molecule has 0 aliphatic heterocycles. The normalized spacial score (nSPS) is 11.3. The van der Waals surface area contributed by atoms with Crippen molar-refractivity contribution in [1.82, 2.24) is 9.97 Å². The fourth-order valence-electron chi connectivity index (χ4n) is 0.834. The molecule has 0 aliphatic carbocycles. The van der Waals surface area contributed by atoms with Crippen LogP contribution in [0.5, 0.6) is 5.88 Å². The maximum absolute atomic E-state index is 11.8. The van der Waals surface area contributed by atoms with Crippen molar-refractivity contribution in [3.63, 3.8) is 0 Å². The minimum Gasteiger partial charge on any atom is -0.472 e. The summed E-state index contributed by atoms with van der Waals surface area (Å²) in [5, 5.41) is 10.1. The Labute approximate surface area is 97.5 Å². The highest BCUT2D eigenvalue weighted by molar-refractivity contribution is 6.28. The van der Waals surface area contributed by atoms with E-state index in [4.69, 9.17) is 11.6 Å². The summed E-state index contributed by atoms with van der Waals surface area (Å²) in [6.07, 6.45) is -4.89. The molecule has 0 aliphatic rings. The van der Waals surface area contributed by atoms with E-state index >= 15 is 0 Å². The van der Waals surface area contributed by atoms with Crippen molar-refractivity contribution in [2.24, 2.45) is 0 Å². The Morgan fingerprint density at radius 2 is 2.18 bits per heavy atom. The molecule has 1 aromatic rings. The van der Waals surface area contributed by atoms with Gasteiger partial charge in [-0.2, -0.15) is 18.2 Å². The zero-order valence-corrected chi connectivity index (χ0v) is 8.83. The lowest BCUT2D eigenvalue weighted by Crippen LogP contribution is -2.14. The van der Waals surface area contributed by atoms with Crippen LogP contribution in [0, 0.1) is 10.1 Å². The fraction of sp³-hybridized carbons (Fsp3) is 0.429. The monoisotopic (exact) mass is 271 g/mol. The molecule has 0 bridgehead atoms. The molecule has 0 fully saturated rings. The highest BCUT2D eigenvalue weighted by Crippen LogP contribution is 2.26. The Balaban J connectivity index is 2.75. The van der Waals surface area contributed by atoms with Gasteiger partial charge in [0.05, 0.1) is 18.0 Å². The van der Waals surface area contributed by atoms with Crippen LogP contribution in [0.2, 0.25) is 5.28 Å². The highest BCUT2D eigenvalue weighted by atomic mass is 35.5. The van der Waals surface area contributed by atoms with E-state index in [1.807, 2.05) is 0 Å². The van der Waals surface area contributed by atoms with Gasteiger partial charge < -0.3 is 4.74 Å². The summed E-state index contributed by atoms with van der Waals surface area (Å²) in [6, 6.07) is 0. The average molecular weight is 272 g/mol. The van der Waals surface area contributed by atoms with Gasteiger partial charge in [-0.05, 0) is 11.6 Å². The molecule has 0 N–H and O–H groups in total. The third kappa shape index (κ3) is 4.39. The van der Waals surface area contributed by atoms with E-state index < -0.39 is 35.7 Å². The van der Waals surface area contributed by atoms with Crippen molar-refractivity contribution < 1.29 is 22.8 Å². The first-order chi connectivity index (χ1) is 7.79. The van der Waals surface area contributed by atoms with Crippen LogP contribution in [0.4, 0.5) is 18.9 Å². The van der Waals surface area contributed by atoms with Crippen LogP contribution in [-0.2, 0) is 0 Å². The molecule has 6 nitrogen and oxygen atoms in total. The number of hydrogen-bond acceptors (Lipinski definition) is 5. The van der Waals surface area contributed by atoms with Gasteiger partial charge in [0.1, 0.15) is 6.20 Å². The molecule has 1 heterocycles. The fourth-order valence-corrected chi connectivity index (χ4v) is 0.960. The Morgan fingerprint density at radius 3 is 2.71 bits per heavy atom. The second kappa shape index (κ2) is 5.13. The van der Waals surface area contributed by atoms with E-state index in [-0.39, 0.29) is 5.28 Å². The summed E-state index contributed by atoms with van der Waals surface area (Å²) in [4.78, 5) is 16.3. The van der Waals surface area contributed by atoms with Crippen LogP contribution >= 0.6 is 11.6 Å². The van der Waals surface area contributed by atoms with E-state index in [1.165, 1.54) is 0 Å². The van der Waals surface area contributed by atoms with Gasteiger partial charge in [0, 0.05) is 0 Å². The largest absolute Gasteiger partial charge is 0.472 e. The molecule has 10 heteroatoms. The molecule has 0 atom stereocenters. The van der Waals surface area contributed by atoms with Crippen LogP contribution in [0.3, 0.4) is 0 Å². The third-order valence-corrected chi connectivity index (χ3v) is 1.71. The minimum absolute atomic E-state index is 0.349. The van der Waals surface area contributed by atoms with Gasteiger partial charge >= 0.3 is 11.9 Å². The molecular weight excluding hydrogens is 267 g/mol. The van der Waals surface area contributed by atoms with Gasteiger partial charge in [-0.1, -0.05) is 0 Å². The van der Waals surface area contributed by atoms with Gasteiger partial charge in [0.2, 0.25) is 5.28 Å². The van der Waals surface area contributed by atoms with E-state index in [1.54, 1.807) is 0 Å². The molecule has 0 radical (unpaired) electrons. The molecule has 0 spiro atoms. The molecule has 17 heavy (non-hydrogen) atoms. The first-order valence-electron chi connectivity index (χ1n) is 4.16. The van der Waals surface area contributed by atoms with E-state index in [0.717, 1.165) is 6.20 Å². The quantitative estimate of drug-likeness (QED) is 0.477. The number of nitrogens with zero attached hydrogens (tertiary/aromatic N) is 3. The first kappa shape index (κ1) is 13.4. The van der Waals surface area contributed by atoms with Crippen LogP contribution in [0.15, 0.2) is 6.20 Å². The molecular formula is C7H5ClF3N3O3. The molecule has 1 rings (SSSR count). The van der Waals surface area contributed by atoms with E-state index in [2.05, 4.69) is 14.7 Å². The molecule has 0 aromatic carbocycles. The van der Waals surface area contributed by atoms with Gasteiger partial charge in [-0.3, -0.25) is 10.1 Å². The first-order valence-corrected chi connectivity index (χ1v) is 4.54. The summed E-state index contributed by atoms with van der Waals surface area (Å²) in [6.45, 7) is -0.780. The molecule has 94 valence electrons. The van der Waals surface area contributed by atoms with Crippen molar-refractivity contribution >= 4 is 17.3 Å². The summed E-state index contributed by atoms with van der Waals surface area (Å²) >= 11 is 5.34. The van der Waals surface area contributed by atoms with Crippen LogP contribution in [0.1, 0.15) is 6.42 Å². The second-order valence-electron chi connectivity index (χ2n) is 2.80. The second-order valence-corrected chi connectivity index (χ2v) is 3.14. The molecule has 1 aromatic heterocycles. The lowest BCUT2D eigenvalue weighted by molar-refractivity contribution is -0.386. The Hall–Kier alpha value is -1.64. The summed E-state index contributed by atoms with van der Waals surface area (Å²) in [5.74, 6) is -0.584. The predicted octanol–water partition coefficient (Wildman–Crippen LogP) is 2.37. The van der Waals surface area contributed by atoms with Crippen LogP contribution in [-0.4, -0.2) is 27.7 Å². The maximum Gasteiger partial charge on any atom is 0.392 e. The summed E-state index contributed by atoms with van der Waals surface area (Å²) < 4.78 is 40.0. The number of halogens is 4. The third-order valence-electron chi connectivity index (χ3n) is 1.53. The lowest BCUT2D eigenvalue weighted by atomic mass is 10.4. The Bertz CT molecular complexity index is 427. The number of aromatic nitrogens is 2. The average Bonchev–Trinajstić information content (AvgIpc) is 2.15. The number of rotatable bonds is 4. The highest BCUT2D eigenvalue weighted by Gasteiger charge is 2.28. The zero-order chi connectivity index (χ0) is 13.1. The zero-order valence-electron chi connectivity index (χ0n) is 8.07. The van der Waals surface area contributed by atoms with Crippen molar-refractivity contribution in [1.29, 1.82) is 0 Å². The Morgan fingerprint density at radius 1 is 1.53 bits per heavy atom. The van der Waals surface area contributed by atoms with Gasteiger partial charge in [-0.15, -0.1) is 0 Å². The number of alkyl halides is 3. The number of nitro groups is 1. The maximum atomic E-state index is 11.8. The van der Waals surface area contributed by atoms with E-state index in [0.29, 0.717) is 0 Å². The van der Waals surface area contributed by atoms with Crippen molar-refractivity contribution in [3.8, 4) is 5.88 Å². The van der Waals surface area contributed by atoms with Gasteiger partial charge in [-0.25, -0.2) is 4.98 Å². The molecule has 0 saturated heterocycles. The molecule has 0 amide bonds. The minimum atomic E-state index is -4.41. The molecule has 0 unspecified atom stereocenters. The Kier molecular flexibility index (Phi) is 4.05. The van der Waals surface area contributed by atoms with Crippen LogP contribution in [0.25, 0.3) is 0 Å². The smallest absolute Gasteiger partial charge is 0.392 e. The van der Waals surface area contributed by atoms with Crippen molar-refractivity contribution in [3.05, 3.63) is 21.6 Å².